The first kappa shape index (κ1) is 14.7. The molecule has 0 atom stereocenters. The quantitative estimate of drug-likeness (QED) is 0.855. The van der Waals surface area contributed by atoms with Gasteiger partial charge in [0.25, 0.3) is 5.91 Å². The zero-order valence-electron chi connectivity index (χ0n) is 10.4. The Morgan fingerprint density at radius 1 is 1.40 bits per heavy atom. The summed E-state index contributed by atoms with van der Waals surface area (Å²) >= 11 is 3.19. The summed E-state index contributed by atoms with van der Waals surface area (Å²) in [5.74, 6) is -0.394. The Morgan fingerprint density at radius 2 is 2.10 bits per heavy atom. The number of nitrogens with one attached hydrogen (secondary N) is 1. The van der Waals surface area contributed by atoms with Gasteiger partial charge in [0.15, 0.2) is 5.69 Å². The van der Waals surface area contributed by atoms with Crippen LogP contribution in [0, 0.1) is 0 Å². The molecule has 1 aromatic carbocycles. The van der Waals surface area contributed by atoms with Crippen LogP contribution < -0.4 is 10.5 Å². The van der Waals surface area contributed by atoms with E-state index in [-0.39, 0.29) is 10.6 Å². The number of sulfonamides is 1. The maximum absolute atomic E-state index is 11.9. The number of nitrogens with zero attached hydrogens (tertiary/aromatic N) is 2. The van der Waals surface area contributed by atoms with Crippen molar-refractivity contribution >= 4 is 37.5 Å². The number of hydrogen-bond donors (Lipinski definition) is 2. The summed E-state index contributed by atoms with van der Waals surface area (Å²) in [6, 6.07) is 5.66. The van der Waals surface area contributed by atoms with Gasteiger partial charge in [-0.05, 0) is 40.2 Å². The number of aromatic nitrogens is 2. The second kappa shape index (κ2) is 5.35. The van der Waals surface area contributed by atoms with Crippen LogP contribution in [0.15, 0.2) is 39.8 Å². The van der Waals surface area contributed by atoms with Crippen LogP contribution in [0.4, 0.5) is 5.69 Å². The summed E-state index contributed by atoms with van der Waals surface area (Å²) in [7, 11) is -2.08. The number of amides is 1. The molecule has 3 N–H and O–H groups in total. The minimum atomic E-state index is -3.78. The molecule has 2 aromatic rings. The molecule has 0 unspecified atom stereocenters. The molecule has 0 saturated heterocycles. The van der Waals surface area contributed by atoms with E-state index >= 15 is 0 Å². The molecule has 2 rings (SSSR count). The van der Waals surface area contributed by atoms with Gasteiger partial charge in [-0.2, -0.15) is 5.10 Å². The van der Waals surface area contributed by atoms with Crippen molar-refractivity contribution in [3.8, 4) is 0 Å². The van der Waals surface area contributed by atoms with Crippen LogP contribution in [0.3, 0.4) is 0 Å². The van der Waals surface area contributed by atoms with Gasteiger partial charge in [0, 0.05) is 17.7 Å². The lowest BCUT2D eigenvalue weighted by molar-refractivity contribution is 0.102. The number of nitrogens with two attached hydrogens (primary N) is 1. The number of benzene rings is 1. The maximum Gasteiger partial charge on any atom is 0.276 e. The molecule has 0 aliphatic rings. The van der Waals surface area contributed by atoms with Gasteiger partial charge in [-0.3, -0.25) is 9.48 Å². The summed E-state index contributed by atoms with van der Waals surface area (Å²) in [6.45, 7) is 0. The Bertz CT molecular complexity index is 770. The van der Waals surface area contributed by atoms with E-state index in [4.69, 9.17) is 5.14 Å². The van der Waals surface area contributed by atoms with E-state index in [0.29, 0.717) is 10.2 Å². The topological polar surface area (TPSA) is 107 Å². The third-order valence-electron chi connectivity index (χ3n) is 2.46. The lowest BCUT2D eigenvalue weighted by Gasteiger charge is -2.07. The minimum Gasteiger partial charge on any atom is -0.320 e. The molecular weight excluding hydrogens is 348 g/mol. The van der Waals surface area contributed by atoms with Crippen molar-refractivity contribution in [2.24, 2.45) is 12.2 Å². The Labute approximate surface area is 124 Å². The first-order valence-electron chi connectivity index (χ1n) is 5.41. The second-order valence-corrected chi connectivity index (χ2v) is 6.43. The Morgan fingerprint density at radius 3 is 2.60 bits per heavy atom. The van der Waals surface area contributed by atoms with Gasteiger partial charge >= 0.3 is 0 Å². The van der Waals surface area contributed by atoms with Crippen LogP contribution >= 0.6 is 15.9 Å². The molecule has 1 amide bonds. The molecule has 0 spiro atoms. The summed E-state index contributed by atoms with van der Waals surface area (Å²) in [6.07, 6.45) is 1.65. The van der Waals surface area contributed by atoms with Crippen molar-refractivity contribution < 1.29 is 13.2 Å². The Kier molecular flexibility index (Phi) is 3.93. The molecule has 0 fully saturated rings. The van der Waals surface area contributed by atoms with E-state index in [0.717, 1.165) is 0 Å². The summed E-state index contributed by atoms with van der Waals surface area (Å²) in [4.78, 5) is 11.9. The molecule has 0 aliphatic carbocycles. The van der Waals surface area contributed by atoms with E-state index in [1.54, 1.807) is 19.3 Å². The number of aryl methyl sites for hydroxylation is 1. The lowest BCUT2D eigenvalue weighted by Crippen LogP contribution is -2.15. The van der Waals surface area contributed by atoms with Gasteiger partial charge in [0.05, 0.1) is 10.6 Å². The standard InChI is InChI=1S/C11H11BrN4O3S/c1-16-5-4-10(15-16)11(17)14-9-3-2-7(6-8(9)12)20(13,18)19/h2-6H,1H3,(H,14,17)(H2,13,18,19). The Hall–Kier alpha value is -1.71. The van der Waals surface area contributed by atoms with Gasteiger partial charge in [-0.1, -0.05) is 0 Å². The van der Waals surface area contributed by atoms with Crippen LogP contribution in [0.1, 0.15) is 10.5 Å². The molecule has 7 nitrogen and oxygen atoms in total. The average molecular weight is 359 g/mol. The monoisotopic (exact) mass is 358 g/mol. The number of carbonyl (C=O) groups excluding carboxylic acids is 1. The molecule has 106 valence electrons. The van der Waals surface area contributed by atoms with Gasteiger partial charge in [-0.15, -0.1) is 0 Å². The molecule has 0 saturated carbocycles. The van der Waals surface area contributed by atoms with Crippen LogP contribution in [0.2, 0.25) is 0 Å². The number of hydrogen-bond acceptors (Lipinski definition) is 4. The second-order valence-electron chi connectivity index (χ2n) is 4.02. The number of anilines is 1. The summed E-state index contributed by atoms with van der Waals surface area (Å²) in [5.41, 5.74) is 0.683. The minimum absolute atomic E-state index is 0.0415. The number of rotatable bonds is 3. The van der Waals surface area contributed by atoms with Crippen molar-refractivity contribution in [2.75, 3.05) is 5.32 Å². The number of carbonyl (C=O) groups is 1. The maximum atomic E-state index is 11.9. The van der Waals surface area contributed by atoms with Gasteiger partial charge in [-0.25, -0.2) is 13.6 Å². The van der Waals surface area contributed by atoms with Crippen molar-refractivity contribution in [3.63, 3.8) is 0 Å². The highest BCUT2D eigenvalue weighted by Crippen LogP contribution is 2.25. The van der Waals surface area contributed by atoms with Gasteiger partial charge in [0.1, 0.15) is 0 Å². The van der Waals surface area contributed by atoms with Crippen LogP contribution in [-0.4, -0.2) is 24.1 Å². The fourth-order valence-electron chi connectivity index (χ4n) is 1.50. The van der Waals surface area contributed by atoms with E-state index in [2.05, 4.69) is 26.3 Å². The zero-order chi connectivity index (χ0) is 14.9. The van der Waals surface area contributed by atoms with Crippen molar-refractivity contribution in [3.05, 3.63) is 40.6 Å². The summed E-state index contributed by atoms with van der Waals surface area (Å²) in [5, 5.41) is 11.6. The first-order chi connectivity index (χ1) is 9.27. The Balaban J connectivity index is 2.25. The molecule has 0 radical (unpaired) electrons. The molecule has 0 aliphatic heterocycles. The van der Waals surface area contributed by atoms with Crippen LogP contribution in [0.5, 0.6) is 0 Å². The first-order valence-corrected chi connectivity index (χ1v) is 7.74. The highest BCUT2D eigenvalue weighted by molar-refractivity contribution is 9.10. The van der Waals surface area contributed by atoms with Crippen LogP contribution in [0.25, 0.3) is 0 Å². The molecule has 0 bridgehead atoms. The van der Waals surface area contributed by atoms with E-state index in [9.17, 15) is 13.2 Å². The van der Waals surface area contributed by atoms with Gasteiger partial charge < -0.3 is 5.32 Å². The van der Waals surface area contributed by atoms with Crippen molar-refractivity contribution in [1.29, 1.82) is 0 Å². The zero-order valence-corrected chi connectivity index (χ0v) is 12.8. The lowest BCUT2D eigenvalue weighted by atomic mass is 10.3. The predicted molar refractivity (Wildman–Crippen MR) is 76.7 cm³/mol. The van der Waals surface area contributed by atoms with E-state index in [1.807, 2.05) is 0 Å². The number of halogens is 1. The average Bonchev–Trinajstić information content (AvgIpc) is 2.77. The van der Waals surface area contributed by atoms with Crippen LogP contribution in [-0.2, 0) is 17.1 Å². The smallest absolute Gasteiger partial charge is 0.276 e. The van der Waals surface area contributed by atoms with E-state index < -0.39 is 15.9 Å². The highest BCUT2D eigenvalue weighted by atomic mass is 79.9. The fourth-order valence-corrected chi connectivity index (χ4v) is 2.67. The SMILES string of the molecule is Cn1ccc(C(=O)Nc2ccc(S(N)(=O)=O)cc2Br)n1. The molecule has 9 heteroatoms. The third kappa shape index (κ3) is 3.24. The molecule has 20 heavy (non-hydrogen) atoms. The van der Waals surface area contributed by atoms with Gasteiger partial charge in [0.2, 0.25) is 10.0 Å². The molecule has 1 aromatic heterocycles. The molecular formula is C11H11BrN4O3S. The van der Waals surface area contributed by atoms with Crippen molar-refractivity contribution in [2.45, 2.75) is 4.90 Å². The highest BCUT2D eigenvalue weighted by Gasteiger charge is 2.14. The van der Waals surface area contributed by atoms with E-state index in [1.165, 1.54) is 22.9 Å². The summed E-state index contributed by atoms with van der Waals surface area (Å²) < 4.78 is 24.3. The largest absolute Gasteiger partial charge is 0.320 e. The number of primary sulfonamides is 1. The molecule has 1 heterocycles. The predicted octanol–water partition coefficient (Wildman–Crippen LogP) is 1.08. The third-order valence-corrected chi connectivity index (χ3v) is 4.03. The normalized spacial score (nSPS) is 11.3. The van der Waals surface area contributed by atoms with Crippen molar-refractivity contribution in [1.82, 2.24) is 9.78 Å². The fraction of sp³-hybridized carbons (Fsp3) is 0.0909.